The van der Waals surface area contributed by atoms with Gasteiger partial charge in [-0.15, -0.1) is 0 Å². The fourth-order valence-corrected chi connectivity index (χ4v) is 2.92. The highest BCUT2D eigenvalue weighted by atomic mass is 35.5. The lowest BCUT2D eigenvalue weighted by molar-refractivity contribution is 0.0696. The van der Waals surface area contributed by atoms with Gasteiger partial charge in [0, 0.05) is 17.1 Å². The fourth-order valence-electron chi connectivity index (χ4n) is 2.67. The van der Waals surface area contributed by atoms with Crippen LogP contribution in [0.5, 0.6) is 0 Å². The third kappa shape index (κ3) is 2.22. The molecule has 1 aromatic carbocycles. The normalized spacial score (nSPS) is 17.2. The third-order valence-electron chi connectivity index (χ3n) is 3.53. The average Bonchev–Trinajstić information content (AvgIpc) is 2.81. The summed E-state index contributed by atoms with van der Waals surface area (Å²) < 4.78 is 0. The Balaban J connectivity index is 2.07. The summed E-state index contributed by atoms with van der Waals surface area (Å²) in [5.41, 5.74) is 3.44. The molecule has 19 heavy (non-hydrogen) atoms. The number of carboxylic acids is 1. The summed E-state index contributed by atoms with van der Waals surface area (Å²) in [6, 6.07) is 9.01. The number of benzene rings is 1. The molecular weight excluding hydrogens is 262 g/mol. The van der Waals surface area contributed by atoms with E-state index in [0.29, 0.717) is 5.02 Å². The molecule has 0 spiro atoms. The highest BCUT2D eigenvalue weighted by Crippen LogP contribution is 2.37. The van der Waals surface area contributed by atoms with E-state index >= 15 is 0 Å². The first kappa shape index (κ1) is 12.2. The number of aromatic carboxylic acids is 1. The first-order valence-electron chi connectivity index (χ1n) is 6.13. The summed E-state index contributed by atoms with van der Waals surface area (Å²) in [5.74, 6) is -0.809. The Bertz CT molecular complexity index is 654. The molecule has 1 N–H and O–H groups in total. The average molecular weight is 274 g/mol. The van der Waals surface area contributed by atoms with Gasteiger partial charge in [0.25, 0.3) is 0 Å². The van der Waals surface area contributed by atoms with Crippen molar-refractivity contribution in [2.75, 3.05) is 0 Å². The summed E-state index contributed by atoms with van der Waals surface area (Å²) in [6.45, 7) is 0. The van der Waals surface area contributed by atoms with Gasteiger partial charge in [0.2, 0.25) is 0 Å². The van der Waals surface area contributed by atoms with Gasteiger partial charge in [0.15, 0.2) is 0 Å². The maximum absolute atomic E-state index is 11.1. The standard InChI is InChI=1S/C15H12ClNO2/c16-12-7-10(6-11(8-12)15(18)19)13-4-3-9-2-1-5-17-14(9)13/h1-2,5-8,13H,3-4H2,(H,18,19). The van der Waals surface area contributed by atoms with E-state index in [0.717, 1.165) is 24.1 Å². The van der Waals surface area contributed by atoms with E-state index in [4.69, 9.17) is 16.7 Å². The number of aromatic nitrogens is 1. The number of fused-ring (bicyclic) bond motifs is 1. The molecule has 0 aliphatic heterocycles. The molecule has 1 heterocycles. The number of nitrogens with zero attached hydrogens (tertiary/aromatic N) is 1. The molecule has 1 atom stereocenters. The van der Waals surface area contributed by atoms with Crippen molar-refractivity contribution in [1.29, 1.82) is 0 Å². The minimum Gasteiger partial charge on any atom is -0.478 e. The Morgan fingerprint density at radius 3 is 3.00 bits per heavy atom. The Morgan fingerprint density at radius 2 is 2.21 bits per heavy atom. The van der Waals surface area contributed by atoms with Gasteiger partial charge in [-0.05, 0) is 48.2 Å². The van der Waals surface area contributed by atoms with Crippen molar-refractivity contribution in [3.8, 4) is 0 Å². The van der Waals surface area contributed by atoms with Crippen molar-refractivity contribution >= 4 is 17.6 Å². The van der Waals surface area contributed by atoms with E-state index < -0.39 is 5.97 Å². The number of carboxylic acid groups (broad SMARTS) is 1. The molecule has 1 aromatic heterocycles. The van der Waals surface area contributed by atoms with Crippen LogP contribution < -0.4 is 0 Å². The van der Waals surface area contributed by atoms with Crippen molar-refractivity contribution in [3.05, 3.63) is 63.9 Å². The summed E-state index contributed by atoms with van der Waals surface area (Å²) in [7, 11) is 0. The zero-order valence-electron chi connectivity index (χ0n) is 10.1. The molecule has 1 aliphatic carbocycles. The van der Waals surface area contributed by atoms with Crippen molar-refractivity contribution < 1.29 is 9.90 Å². The van der Waals surface area contributed by atoms with Crippen LogP contribution in [-0.2, 0) is 6.42 Å². The Kier molecular flexibility index (Phi) is 2.99. The number of rotatable bonds is 2. The quantitative estimate of drug-likeness (QED) is 0.911. The van der Waals surface area contributed by atoms with E-state index in [-0.39, 0.29) is 11.5 Å². The van der Waals surface area contributed by atoms with Gasteiger partial charge in [-0.2, -0.15) is 0 Å². The van der Waals surface area contributed by atoms with E-state index in [1.54, 1.807) is 12.3 Å². The van der Waals surface area contributed by atoms with Crippen molar-refractivity contribution in [3.63, 3.8) is 0 Å². The van der Waals surface area contributed by atoms with Crippen LogP contribution in [0.1, 0.15) is 39.5 Å². The van der Waals surface area contributed by atoms with Crippen molar-refractivity contribution in [2.24, 2.45) is 0 Å². The SMILES string of the molecule is O=C(O)c1cc(Cl)cc(C2CCc3cccnc32)c1. The second-order valence-corrected chi connectivity index (χ2v) is 5.15. The molecule has 3 nitrogen and oxygen atoms in total. The van der Waals surface area contributed by atoms with E-state index in [9.17, 15) is 4.79 Å². The second kappa shape index (κ2) is 4.67. The van der Waals surface area contributed by atoms with Crippen LogP contribution in [0.3, 0.4) is 0 Å². The van der Waals surface area contributed by atoms with Crippen LogP contribution in [0.15, 0.2) is 36.5 Å². The first-order chi connectivity index (χ1) is 9.15. The molecule has 1 aliphatic rings. The van der Waals surface area contributed by atoms with Crippen LogP contribution >= 0.6 is 11.6 Å². The van der Waals surface area contributed by atoms with Gasteiger partial charge in [-0.1, -0.05) is 17.7 Å². The van der Waals surface area contributed by atoms with E-state index in [1.807, 2.05) is 12.1 Å². The molecule has 0 saturated carbocycles. The molecule has 96 valence electrons. The summed E-state index contributed by atoms with van der Waals surface area (Å²) in [6.07, 6.45) is 3.70. The number of halogens is 1. The van der Waals surface area contributed by atoms with Crippen molar-refractivity contribution in [2.45, 2.75) is 18.8 Å². The Morgan fingerprint density at radius 1 is 1.37 bits per heavy atom. The Hall–Kier alpha value is -1.87. The van der Waals surface area contributed by atoms with Crippen LogP contribution in [0, 0.1) is 0 Å². The molecule has 0 saturated heterocycles. The molecule has 4 heteroatoms. The molecule has 1 unspecified atom stereocenters. The predicted octanol–water partition coefficient (Wildman–Crippen LogP) is 3.51. The van der Waals surface area contributed by atoms with Gasteiger partial charge >= 0.3 is 5.97 Å². The monoisotopic (exact) mass is 273 g/mol. The third-order valence-corrected chi connectivity index (χ3v) is 3.75. The molecular formula is C15H12ClNO2. The molecule has 0 bridgehead atoms. The minimum absolute atomic E-state index is 0.146. The van der Waals surface area contributed by atoms with Crippen LogP contribution in [0.25, 0.3) is 0 Å². The number of hydrogen-bond acceptors (Lipinski definition) is 2. The topological polar surface area (TPSA) is 50.2 Å². The zero-order chi connectivity index (χ0) is 13.4. The maximum Gasteiger partial charge on any atom is 0.335 e. The smallest absolute Gasteiger partial charge is 0.335 e. The van der Waals surface area contributed by atoms with Gasteiger partial charge in [0.1, 0.15) is 0 Å². The molecule has 0 radical (unpaired) electrons. The van der Waals surface area contributed by atoms with E-state index in [1.165, 1.54) is 11.6 Å². The fraction of sp³-hybridized carbons (Fsp3) is 0.200. The number of hydrogen-bond donors (Lipinski definition) is 1. The van der Waals surface area contributed by atoms with Crippen LogP contribution in [-0.4, -0.2) is 16.1 Å². The lowest BCUT2D eigenvalue weighted by Gasteiger charge is -2.12. The van der Waals surface area contributed by atoms with E-state index in [2.05, 4.69) is 11.1 Å². The predicted molar refractivity (Wildman–Crippen MR) is 72.8 cm³/mol. The number of carbonyl (C=O) groups is 1. The molecule has 0 amide bonds. The van der Waals surface area contributed by atoms with Gasteiger partial charge in [0.05, 0.1) is 11.3 Å². The minimum atomic E-state index is -0.956. The molecule has 0 fully saturated rings. The zero-order valence-corrected chi connectivity index (χ0v) is 10.9. The lowest BCUT2D eigenvalue weighted by Crippen LogP contribution is -2.02. The highest BCUT2D eigenvalue weighted by Gasteiger charge is 2.26. The van der Waals surface area contributed by atoms with Crippen LogP contribution in [0.4, 0.5) is 0 Å². The first-order valence-corrected chi connectivity index (χ1v) is 6.50. The molecule has 2 aromatic rings. The number of pyridine rings is 1. The second-order valence-electron chi connectivity index (χ2n) is 4.72. The highest BCUT2D eigenvalue weighted by molar-refractivity contribution is 6.31. The largest absolute Gasteiger partial charge is 0.478 e. The van der Waals surface area contributed by atoms with Gasteiger partial charge in [-0.25, -0.2) is 4.79 Å². The molecule has 3 rings (SSSR count). The number of aryl methyl sites for hydroxylation is 1. The maximum atomic E-state index is 11.1. The summed E-state index contributed by atoms with van der Waals surface area (Å²) >= 11 is 6.02. The van der Waals surface area contributed by atoms with Crippen molar-refractivity contribution in [1.82, 2.24) is 4.98 Å². The summed E-state index contributed by atoms with van der Waals surface area (Å²) in [4.78, 5) is 15.5. The van der Waals surface area contributed by atoms with Crippen LogP contribution in [0.2, 0.25) is 5.02 Å². The lowest BCUT2D eigenvalue weighted by atomic mass is 9.95. The Labute approximate surface area is 115 Å². The summed E-state index contributed by atoms with van der Waals surface area (Å²) in [5, 5.41) is 9.56. The van der Waals surface area contributed by atoms with Gasteiger partial charge in [-0.3, -0.25) is 4.98 Å². The van der Waals surface area contributed by atoms with Gasteiger partial charge < -0.3 is 5.11 Å².